The van der Waals surface area contributed by atoms with Crippen LogP contribution in [0.5, 0.6) is 0 Å². The minimum Gasteiger partial charge on any atom is -0.466 e. The smallest absolute Gasteiger partial charge is 0.308 e. The molecule has 0 spiro atoms. The highest BCUT2D eigenvalue weighted by Crippen LogP contribution is 2.46. The summed E-state index contributed by atoms with van der Waals surface area (Å²) in [7, 11) is -3.54. The van der Waals surface area contributed by atoms with E-state index in [-0.39, 0.29) is 34.0 Å². The molecule has 0 aliphatic heterocycles. The van der Waals surface area contributed by atoms with Gasteiger partial charge in [0, 0.05) is 6.04 Å². The summed E-state index contributed by atoms with van der Waals surface area (Å²) in [6, 6.07) is 3.03. The van der Waals surface area contributed by atoms with Gasteiger partial charge in [-0.15, -0.1) is 11.3 Å². The molecule has 2 bridgehead atoms. The van der Waals surface area contributed by atoms with Gasteiger partial charge in [-0.05, 0) is 56.6 Å². The van der Waals surface area contributed by atoms with Gasteiger partial charge in [0.25, 0.3) is 0 Å². The van der Waals surface area contributed by atoms with Crippen LogP contribution in [0.4, 0.5) is 0 Å². The van der Waals surface area contributed by atoms with Crippen molar-refractivity contribution >= 4 is 38.9 Å². The normalized spacial score (nSPS) is 30.3. The summed E-state index contributed by atoms with van der Waals surface area (Å²) in [5.74, 6) is 0.168. The topological polar surface area (TPSA) is 72.5 Å². The van der Waals surface area contributed by atoms with Crippen LogP contribution in [0.15, 0.2) is 16.3 Å². The second-order valence-electron chi connectivity index (χ2n) is 6.22. The van der Waals surface area contributed by atoms with E-state index < -0.39 is 10.0 Å². The quantitative estimate of drug-likeness (QED) is 0.800. The predicted octanol–water partition coefficient (Wildman–Crippen LogP) is 3.05. The van der Waals surface area contributed by atoms with Crippen LogP contribution < -0.4 is 4.72 Å². The van der Waals surface area contributed by atoms with Gasteiger partial charge in [-0.2, -0.15) is 0 Å². The largest absolute Gasteiger partial charge is 0.466 e. The summed E-state index contributed by atoms with van der Waals surface area (Å²) >= 11 is 6.90. The lowest BCUT2D eigenvalue weighted by molar-refractivity contribution is -0.150. The molecule has 2 atom stereocenters. The van der Waals surface area contributed by atoms with Crippen molar-refractivity contribution in [3.63, 3.8) is 0 Å². The Morgan fingerprint density at radius 3 is 2.52 bits per heavy atom. The summed E-state index contributed by atoms with van der Waals surface area (Å²) < 4.78 is 33.7. The number of fused-ring (bicyclic) bond motifs is 2. The van der Waals surface area contributed by atoms with Crippen LogP contribution in [0.1, 0.15) is 32.6 Å². The van der Waals surface area contributed by atoms with Crippen molar-refractivity contribution in [2.75, 3.05) is 6.61 Å². The maximum atomic E-state index is 12.5. The highest BCUT2D eigenvalue weighted by Gasteiger charge is 2.46. The van der Waals surface area contributed by atoms with Crippen LogP contribution in [-0.2, 0) is 19.6 Å². The summed E-state index contributed by atoms with van der Waals surface area (Å²) in [6.45, 7) is 2.19. The predicted molar refractivity (Wildman–Crippen MR) is 89.0 cm³/mol. The van der Waals surface area contributed by atoms with Gasteiger partial charge >= 0.3 is 5.97 Å². The van der Waals surface area contributed by atoms with Gasteiger partial charge in [0.1, 0.15) is 4.21 Å². The van der Waals surface area contributed by atoms with Gasteiger partial charge in [-0.25, -0.2) is 13.1 Å². The zero-order valence-corrected chi connectivity index (χ0v) is 15.2. The van der Waals surface area contributed by atoms with Gasteiger partial charge in [-0.1, -0.05) is 11.6 Å². The van der Waals surface area contributed by atoms with Crippen LogP contribution in [0.2, 0.25) is 4.34 Å². The summed E-state index contributed by atoms with van der Waals surface area (Å²) in [5.41, 5.74) is 0. The number of thiophene rings is 1. The van der Waals surface area contributed by atoms with E-state index in [1.165, 1.54) is 6.07 Å². The molecule has 128 valence electrons. The fourth-order valence-electron chi connectivity index (χ4n) is 3.85. The molecule has 0 saturated heterocycles. The van der Waals surface area contributed by atoms with E-state index in [1.807, 2.05) is 0 Å². The van der Waals surface area contributed by atoms with E-state index in [0.717, 1.165) is 24.2 Å². The SMILES string of the molecule is CCOC(=O)C1CC2CCC(C1)C2NS(=O)(=O)c1ccc(Cl)s1. The molecule has 1 heterocycles. The zero-order chi connectivity index (χ0) is 16.6. The number of rotatable bonds is 5. The van der Waals surface area contributed by atoms with Crippen molar-refractivity contribution in [1.29, 1.82) is 0 Å². The molecular formula is C15H20ClNO4S2. The van der Waals surface area contributed by atoms with E-state index in [2.05, 4.69) is 4.72 Å². The molecule has 2 fully saturated rings. The van der Waals surface area contributed by atoms with Crippen LogP contribution in [0, 0.1) is 17.8 Å². The molecule has 2 aliphatic rings. The lowest BCUT2D eigenvalue weighted by Gasteiger charge is -2.34. The molecule has 8 heteroatoms. The number of nitrogens with one attached hydrogen (secondary N) is 1. The first kappa shape index (κ1) is 17.2. The monoisotopic (exact) mass is 377 g/mol. The van der Waals surface area contributed by atoms with Crippen molar-refractivity contribution in [2.45, 2.75) is 42.9 Å². The first-order valence-electron chi connectivity index (χ1n) is 7.85. The maximum Gasteiger partial charge on any atom is 0.308 e. The minimum atomic E-state index is -3.54. The third-order valence-corrected chi connectivity index (χ3v) is 8.01. The first-order chi connectivity index (χ1) is 10.9. The number of carbonyl (C=O) groups excluding carboxylic acids is 1. The number of esters is 1. The molecule has 0 amide bonds. The van der Waals surface area contributed by atoms with Gasteiger partial charge in [0.2, 0.25) is 10.0 Å². The standard InChI is InChI=1S/C15H20ClNO4S2/c1-2-21-15(18)11-7-9-3-4-10(8-11)14(9)17-23(19,20)13-6-5-12(16)22-13/h5-6,9-11,14,17H,2-4,7-8H2,1H3. The van der Waals surface area contributed by atoms with Crippen molar-refractivity contribution in [1.82, 2.24) is 4.72 Å². The molecule has 1 N–H and O–H groups in total. The Hall–Kier alpha value is -0.630. The molecule has 5 nitrogen and oxygen atoms in total. The summed E-state index contributed by atoms with van der Waals surface area (Å²) in [6.07, 6.45) is 3.32. The van der Waals surface area contributed by atoms with Crippen LogP contribution in [0.25, 0.3) is 0 Å². The molecule has 0 aromatic carbocycles. The maximum absolute atomic E-state index is 12.5. The third-order valence-electron chi connectivity index (χ3n) is 4.82. The molecular weight excluding hydrogens is 358 g/mol. The first-order valence-corrected chi connectivity index (χ1v) is 10.5. The Balaban J connectivity index is 1.70. The number of hydrogen-bond acceptors (Lipinski definition) is 5. The molecule has 3 rings (SSSR count). The summed E-state index contributed by atoms with van der Waals surface area (Å²) in [5, 5.41) is 0. The Bertz CT molecular complexity index is 673. The molecule has 2 unspecified atom stereocenters. The number of sulfonamides is 1. The van der Waals surface area contributed by atoms with Crippen LogP contribution >= 0.6 is 22.9 Å². The fourth-order valence-corrected chi connectivity index (χ4v) is 6.73. The van der Waals surface area contributed by atoms with Crippen molar-refractivity contribution in [2.24, 2.45) is 17.8 Å². The molecule has 1 aromatic rings. The minimum absolute atomic E-state index is 0.0912. The Morgan fingerprint density at radius 1 is 1.35 bits per heavy atom. The number of carbonyl (C=O) groups is 1. The van der Waals surface area contributed by atoms with Crippen molar-refractivity contribution in [3.8, 4) is 0 Å². The highest BCUT2D eigenvalue weighted by atomic mass is 35.5. The fraction of sp³-hybridized carbons (Fsp3) is 0.667. The highest BCUT2D eigenvalue weighted by molar-refractivity contribution is 7.91. The zero-order valence-electron chi connectivity index (χ0n) is 12.8. The van der Waals surface area contributed by atoms with Crippen molar-refractivity contribution in [3.05, 3.63) is 16.5 Å². The molecule has 0 radical (unpaired) electrons. The number of halogens is 1. The number of hydrogen-bond donors (Lipinski definition) is 1. The second-order valence-corrected chi connectivity index (χ2v) is 9.88. The second kappa shape index (κ2) is 6.70. The average Bonchev–Trinajstić information content (AvgIpc) is 3.00. The van der Waals surface area contributed by atoms with Gasteiger partial charge in [-0.3, -0.25) is 4.79 Å². The molecule has 2 aliphatic carbocycles. The lowest BCUT2D eigenvalue weighted by Crippen LogP contribution is -2.46. The Labute approximate surface area is 145 Å². The Kier molecular flexibility index (Phi) is 5.01. The Morgan fingerprint density at radius 2 is 2.00 bits per heavy atom. The van der Waals surface area contributed by atoms with Crippen LogP contribution in [0.3, 0.4) is 0 Å². The lowest BCUT2D eigenvalue weighted by atomic mass is 9.78. The van der Waals surface area contributed by atoms with E-state index in [9.17, 15) is 13.2 Å². The van der Waals surface area contributed by atoms with Crippen LogP contribution in [-0.4, -0.2) is 27.0 Å². The van der Waals surface area contributed by atoms with Gasteiger partial charge < -0.3 is 4.74 Å². The number of ether oxygens (including phenoxy) is 1. The molecule has 23 heavy (non-hydrogen) atoms. The van der Waals surface area contributed by atoms with E-state index in [4.69, 9.17) is 16.3 Å². The van der Waals surface area contributed by atoms with E-state index in [1.54, 1.807) is 13.0 Å². The van der Waals surface area contributed by atoms with E-state index in [0.29, 0.717) is 23.8 Å². The van der Waals surface area contributed by atoms with Gasteiger partial charge in [0.15, 0.2) is 0 Å². The molecule has 2 saturated carbocycles. The van der Waals surface area contributed by atoms with Gasteiger partial charge in [0.05, 0.1) is 16.9 Å². The van der Waals surface area contributed by atoms with E-state index >= 15 is 0 Å². The molecule has 1 aromatic heterocycles. The van der Waals surface area contributed by atoms with Crippen molar-refractivity contribution < 1.29 is 17.9 Å². The third kappa shape index (κ3) is 3.57. The average molecular weight is 378 g/mol. The summed E-state index contributed by atoms with van der Waals surface area (Å²) in [4.78, 5) is 12.0.